The highest BCUT2D eigenvalue weighted by Crippen LogP contribution is 2.36. The van der Waals surface area contributed by atoms with E-state index in [2.05, 4.69) is 16.3 Å². The van der Waals surface area contributed by atoms with Crippen LogP contribution in [0.4, 0.5) is 8.78 Å². The molecule has 3 nitrogen and oxygen atoms in total. The van der Waals surface area contributed by atoms with E-state index < -0.39 is 11.6 Å². The lowest BCUT2D eigenvalue weighted by molar-refractivity contribution is 0.00503. The Balaban J connectivity index is 1.48. The van der Waals surface area contributed by atoms with Crippen LogP contribution in [0.25, 0.3) is 0 Å². The molecule has 0 unspecified atom stereocenters. The SMILES string of the molecule is CSN[C@H]1CCCN[C@H]1COC1CCC(c2c(F)cccc2F)CC1. The highest BCUT2D eigenvalue weighted by Gasteiger charge is 2.29. The first-order chi connectivity index (χ1) is 12.2. The Morgan fingerprint density at radius 2 is 1.88 bits per heavy atom. The van der Waals surface area contributed by atoms with Crippen molar-refractivity contribution in [1.82, 2.24) is 10.0 Å². The molecule has 2 atom stereocenters. The summed E-state index contributed by atoms with van der Waals surface area (Å²) in [7, 11) is 0. The minimum Gasteiger partial charge on any atom is -0.377 e. The van der Waals surface area contributed by atoms with Gasteiger partial charge in [-0.1, -0.05) is 18.0 Å². The van der Waals surface area contributed by atoms with Crippen LogP contribution in [0.1, 0.15) is 50.0 Å². The molecule has 0 bridgehead atoms. The van der Waals surface area contributed by atoms with E-state index in [0.29, 0.717) is 18.7 Å². The van der Waals surface area contributed by atoms with E-state index in [9.17, 15) is 8.78 Å². The molecule has 1 aromatic rings. The minimum absolute atomic E-state index is 0.0280. The van der Waals surface area contributed by atoms with Gasteiger partial charge in [0, 0.05) is 17.6 Å². The standard InChI is InChI=1S/C19H28F2N2OS/c1-25-23-17-6-3-11-22-18(17)12-24-14-9-7-13(8-10-14)19-15(20)4-2-5-16(19)21/h2,4-5,13-14,17-18,22-23H,3,6-12H2,1H3/t13?,14?,17-,18-/m0/s1. The second-order valence-electron chi connectivity index (χ2n) is 7.07. The molecule has 0 radical (unpaired) electrons. The second kappa shape index (κ2) is 9.31. The largest absolute Gasteiger partial charge is 0.377 e. The van der Waals surface area contributed by atoms with Gasteiger partial charge in [0.15, 0.2) is 0 Å². The van der Waals surface area contributed by atoms with Crippen LogP contribution in [0.15, 0.2) is 18.2 Å². The van der Waals surface area contributed by atoms with Crippen LogP contribution in [0.3, 0.4) is 0 Å². The highest BCUT2D eigenvalue weighted by atomic mass is 32.2. The number of hydrogen-bond acceptors (Lipinski definition) is 4. The predicted molar refractivity (Wildman–Crippen MR) is 98.8 cm³/mol. The average Bonchev–Trinajstić information content (AvgIpc) is 2.62. The summed E-state index contributed by atoms with van der Waals surface area (Å²) < 4.78 is 37.5. The van der Waals surface area contributed by atoms with Gasteiger partial charge >= 0.3 is 0 Å². The molecule has 0 amide bonds. The molecular weight excluding hydrogens is 342 g/mol. The summed E-state index contributed by atoms with van der Waals surface area (Å²) in [6.07, 6.45) is 7.91. The fraction of sp³-hybridized carbons (Fsp3) is 0.684. The molecule has 25 heavy (non-hydrogen) atoms. The normalized spacial score (nSPS) is 30.4. The molecule has 6 heteroatoms. The van der Waals surface area contributed by atoms with Gasteiger partial charge in [0.05, 0.1) is 12.7 Å². The van der Waals surface area contributed by atoms with Crippen molar-refractivity contribution < 1.29 is 13.5 Å². The summed E-state index contributed by atoms with van der Waals surface area (Å²) in [5, 5.41) is 3.54. The smallest absolute Gasteiger partial charge is 0.129 e. The van der Waals surface area contributed by atoms with Gasteiger partial charge in [0.2, 0.25) is 0 Å². The maximum Gasteiger partial charge on any atom is 0.129 e. The maximum atomic E-state index is 14.0. The van der Waals surface area contributed by atoms with Gasteiger partial charge in [0.25, 0.3) is 0 Å². The fourth-order valence-electron chi connectivity index (χ4n) is 4.08. The molecule has 2 fully saturated rings. The predicted octanol–water partition coefficient (Wildman–Crippen LogP) is 4.00. The molecule has 1 saturated carbocycles. The van der Waals surface area contributed by atoms with E-state index in [1.54, 1.807) is 11.9 Å². The van der Waals surface area contributed by atoms with Crippen LogP contribution >= 0.6 is 11.9 Å². The van der Waals surface area contributed by atoms with Gasteiger partial charge in [-0.05, 0) is 69.4 Å². The van der Waals surface area contributed by atoms with E-state index in [1.807, 2.05) is 0 Å². The average molecular weight is 371 g/mol. The first-order valence-electron chi connectivity index (χ1n) is 9.26. The molecule has 0 aromatic heterocycles. The number of benzene rings is 1. The molecule has 0 spiro atoms. The zero-order valence-electron chi connectivity index (χ0n) is 14.8. The molecule has 1 heterocycles. The maximum absolute atomic E-state index is 14.0. The monoisotopic (exact) mass is 370 g/mol. The third kappa shape index (κ3) is 4.94. The lowest BCUT2D eigenvalue weighted by Gasteiger charge is -2.35. The fourth-order valence-corrected chi connectivity index (χ4v) is 4.66. The zero-order chi connectivity index (χ0) is 17.6. The number of hydrogen-bond donors (Lipinski definition) is 2. The molecule has 2 N–H and O–H groups in total. The van der Waals surface area contributed by atoms with Crippen LogP contribution in [-0.2, 0) is 4.74 Å². The Morgan fingerprint density at radius 1 is 1.16 bits per heavy atom. The molecule has 2 aliphatic rings. The van der Waals surface area contributed by atoms with Crippen LogP contribution in [0.2, 0.25) is 0 Å². The summed E-state index contributed by atoms with van der Waals surface area (Å²) in [4.78, 5) is 0. The Bertz CT molecular complexity index is 530. The van der Waals surface area contributed by atoms with Crippen molar-refractivity contribution >= 4 is 11.9 Å². The lowest BCUT2D eigenvalue weighted by atomic mass is 9.82. The third-order valence-electron chi connectivity index (χ3n) is 5.45. The topological polar surface area (TPSA) is 33.3 Å². The summed E-state index contributed by atoms with van der Waals surface area (Å²) in [5.74, 6) is -0.858. The van der Waals surface area contributed by atoms with Gasteiger partial charge in [-0.3, -0.25) is 4.72 Å². The van der Waals surface area contributed by atoms with Crippen molar-refractivity contribution in [3.63, 3.8) is 0 Å². The van der Waals surface area contributed by atoms with Crippen LogP contribution in [0.5, 0.6) is 0 Å². The Labute approximate surface area is 153 Å². The number of ether oxygens (including phenoxy) is 1. The summed E-state index contributed by atoms with van der Waals surface area (Å²) in [6.45, 7) is 1.74. The van der Waals surface area contributed by atoms with Crippen molar-refractivity contribution in [3.8, 4) is 0 Å². The molecule has 1 saturated heterocycles. The van der Waals surface area contributed by atoms with Crippen LogP contribution < -0.4 is 10.0 Å². The Morgan fingerprint density at radius 3 is 2.56 bits per heavy atom. The number of nitrogens with one attached hydrogen (secondary N) is 2. The number of halogens is 2. The van der Waals surface area contributed by atoms with Crippen molar-refractivity contribution in [2.75, 3.05) is 19.4 Å². The summed E-state index contributed by atoms with van der Waals surface area (Å²) in [5.41, 5.74) is 0.263. The van der Waals surface area contributed by atoms with Crippen molar-refractivity contribution in [2.24, 2.45) is 0 Å². The van der Waals surface area contributed by atoms with Gasteiger partial charge in [-0.15, -0.1) is 0 Å². The molecular formula is C19H28F2N2OS. The molecule has 3 rings (SSSR count). The van der Waals surface area contributed by atoms with E-state index >= 15 is 0 Å². The van der Waals surface area contributed by atoms with Crippen molar-refractivity contribution in [3.05, 3.63) is 35.4 Å². The van der Waals surface area contributed by atoms with Crippen molar-refractivity contribution in [2.45, 2.75) is 62.6 Å². The molecule has 1 aliphatic carbocycles. The van der Waals surface area contributed by atoms with E-state index in [4.69, 9.17) is 4.74 Å². The van der Waals surface area contributed by atoms with E-state index in [1.165, 1.54) is 31.0 Å². The molecule has 1 aromatic carbocycles. The first kappa shape index (κ1) is 19.1. The molecule has 1 aliphatic heterocycles. The highest BCUT2D eigenvalue weighted by molar-refractivity contribution is 7.96. The van der Waals surface area contributed by atoms with Gasteiger partial charge in [-0.2, -0.15) is 0 Å². The van der Waals surface area contributed by atoms with Crippen LogP contribution in [-0.4, -0.2) is 37.6 Å². The lowest BCUT2D eigenvalue weighted by Crippen LogP contribution is -2.52. The van der Waals surface area contributed by atoms with Gasteiger partial charge < -0.3 is 10.1 Å². The zero-order valence-corrected chi connectivity index (χ0v) is 15.6. The van der Waals surface area contributed by atoms with Crippen molar-refractivity contribution in [1.29, 1.82) is 0 Å². The minimum atomic E-state index is -0.415. The number of rotatable bonds is 6. The van der Waals surface area contributed by atoms with Gasteiger partial charge in [-0.25, -0.2) is 8.78 Å². The van der Waals surface area contributed by atoms with Gasteiger partial charge in [0.1, 0.15) is 11.6 Å². The summed E-state index contributed by atoms with van der Waals surface area (Å²) in [6, 6.07) is 4.91. The summed E-state index contributed by atoms with van der Waals surface area (Å²) >= 11 is 1.66. The van der Waals surface area contributed by atoms with Crippen LogP contribution in [0, 0.1) is 11.6 Å². The Hall–Kier alpha value is -0.690. The van der Waals surface area contributed by atoms with E-state index in [0.717, 1.165) is 32.2 Å². The third-order valence-corrected chi connectivity index (χ3v) is 5.99. The van der Waals surface area contributed by atoms with E-state index in [-0.39, 0.29) is 17.6 Å². The quantitative estimate of drug-likeness (QED) is 0.742. The Kier molecular flexibility index (Phi) is 7.10. The second-order valence-corrected chi connectivity index (χ2v) is 7.72. The molecule has 140 valence electrons. The first-order valence-corrected chi connectivity index (χ1v) is 10.5. The number of piperidine rings is 1.